The number of carbonyl (C=O) groups excluding carboxylic acids is 2. The predicted octanol–water partition coefficient (Wildman–Crippen LogP) is 2.70. The molecule has 0 bridgehead atoms. The van der Waals surface area contributed by atoms with Crippen LogP contribution in [0.1, 0.15) is 20.7 Å². The van der Waals surface area contributed by atoms with Crippen LogP contribution in [-0.4, -0.2) is 38.8 Å². The maximum atomic E-state index is 12.0. The van der Waals surface area contributed by atoms with E-state index < -0.39 is 0 Å². The SMILES string of the molecule is CNCC(=O)c1ccc2c(c1)Sc1cc(C(=O)CNC)ccc1N2. The minimum Gasteiger partial charge on any atom is -0.354 e. The van der Waals surface area contributed by atoms with Gasteiger partial charge in [-0.3, -0.25) is 9.59 Å². The highest BCUT2D eigenvalue weighted by atomic mass is 32.2. The van der Waals surface area contributed by atoms with Gasteiger partial charge in [-0.25, -0.2) is 0 Å². The van der Waals surface area contributed by atoms with Crippen molar-refractivity contribution in [3.05, 3.63) is 47.5 Å². The van der Waals surface area contributed by atoms with Crippen molar-refractivity contribution in [2.75, 3.05) is 32.5 Å². The van der Waals surface area contributed by atoms with Gasteiger partial charge in [-0.05, 0) is 50.5 Å². The molecule has 0 aliphatic carbocycles. The molecule has 0 saturated heterocycles. The fourth-order valence-electron chi connectivity index (χ4n) is 2.56. The summed E-state index contributed by atoms with van der Waals surface area (Å²) in [7, 11) is 3.51. The molecular weight excluding hydrogens is 322 g/mol. The summed E-state index contributed by atoms with van der Waals surface area (Å²) >= 11 is 1.57. The zero-order valence-electron chi connectivity index (χ0n) is 13.6. The quantitative estimate of drug-likeness (QED) is 0.599. The van der Waals surface area contributed by atoms with Crippen molar-refractivity contribution in [1.29, 1.82) is 0 Å². The van der Waals surface area contributed by atoms with Gasteiger partial charge in [0.1, 0.15) is 0 Å². The Balaban J connectivity index is 1.89. The number of fused-ring (bicyclic) bond motifs is 2. The van der Waals surface area contributed by atoms with Crippen LogP contribution in [0, 0.1) is 0 Å². The highest BCUT2D eigenvalue weighted by molar-refractivity contribution is 7.99. The summed E-state index contributed by atoms with van der Waals surface area (Å²) < 4.78 is 0. The van der Waals surface area contributed by atoms with E-state index in [0.29, 0.717) is 24.2 Å². The molecule has 0 spiro atoms. The summed E-state index contributed by atoms with van der Waals surface area (Å²) in [4.78, 5) is 26.1. The maximum absolute atomic E-state index is 12.0. The summed E-state index contributed by atoms with van der Waals surface area (Å²) in [6.07, 6.45) is 0. The van der Waals surface area contributed by atoms with Crippen molar-refractivity contribution in [2.24, 2.45) is 0 Å². The molecule has 0 unspecified atom stereocenters. The minimum atomic E-state index is 0.0599. The fraction of sp³-hybridized carbons (Fsp3) is 0.222. The molecule has 0 radical (unpaired) electrons. The lowest BCUT2D eigenvalue weighted by atomic mass is 10.1. The zero-order chi connectivity index (χ0) is 17.1. The van der Waals surface area contributed by atoms with Gasteiger partial charge in [0.2, 0.25) is 0 Å². The average Bonchev–Trinajstić information content (AvgIpc) is 2.59. The number of nitrogens with one attached hydrogen (secondary N) is 3. The van der Waals surface area contributed by atoms with E-state index >= 15 is 0 Å². The number of hydrogen-bond acceptors (Lipinski definition) is 6. The molecule has 0 fully saturated rings. The van der Waals surface area contributed by atoms with Crippen LogP contribution in [0.3, 0.4) is 0 Å². The number of ketones is 2. The van der Waals surface area contributed by atoms with Gasteiger partial charge in [-0.1, -0.05) is 11.8 Å². The van der Waals surface area contributed by atoms with Crippen molar-refractivity contribution < 1.29 is 9.59 Å². The molecule has 1 aliphatic rings. The summed E-state index contributed by atoms with van der Waals surface area (Å²) in [6.45, 7) is 0.631. The first-order valence-corrected chi connectivity index (χ1v) is 8.52. The van der Waals surface area contributed by atoms with Crippen molar-refractivity contribution in [3.8, 4) is 0 Å². The Bertz CT molecular complexity index is 739. The van der Waals surface area contributed by atoms with Crippen molar-refractivity contribution >= 4 is 34.7 Å². The van der Waals surface area contributed by atoms with Gasteiger partial charge in [-0.2, -0.15) is 0 Å². The van der Waals surface area contributed by atoms with E-state index in [1.807, 2.05) is 36.4 Å². The Morgan fingerprint density at radius 3 is 1.75 bits per heavy atom. The number of likely N-dealkylation sites (N-methyl/N-ethyl adjacent to an activating group) is 2. The molecule has 0 aromatic heterocycles. The second-order valence-electron chi connectivity index (χ2n) is 5.56. The molecule has 2 aromatic rings. The van der Waals surface area contributed by atoms with Crippen molar-refractivity contribution in [1.82, 2.24) is 10.6 Å². The molecule has 3 N–H and O–H groups in total. The topological polar surface area (TPSA) is 70.2 Å². The highest BCUT2D eigenvalue weighted by Gasteiger charge is 2.19. The van der Waals surface area contributed by atoms with Gasteiger partial charge in [0, 0.05) is 20.9 Å². The second-order valence-corrected chi connectivity index (χ2v) is 6.64. The Kier molecular flexibility index (Phi) is 4.99. The summed E-state index contributed by atoms with van der Waals surface area (Å²) in [5, 5.41) is 9.12. The molecule has 124 valence electrons. The standard InChI is InChI=1S/C18H19N3O2S/c1-19-9-15(22)11-3-5-13-17(7-11)24-18-8-12(16(23)10-20-2)4-6-14(18)21-13/h3-8,19-21H,9-10H2,1-2H3. The minimum absolute atomic E-state index is 0.0599. The Hall–Kier alpha value is -2.15. The van der Waals surface area contributed by atoms with Gasteiger partial charge in [0.25, 0.3) is 0 Å². The largest absolute Gasteiger partial charge is 0.354 e. The Labute approximate surface area is 145 Å². The van der Waals surface area contributed by atoms with Crippen LogP contribution in [0.25, 0.3) is 0 Å². The Morgan fingerprint density at radius 1 is 0.875 bits per heavy atom. The average molecular weight is 341 g/mol. The number of benzene rings is 2. The number of rotatable bonds is 6. The molecule has 6 heteroatoms. The van der Waals surface area contributed by atoms with E-state index in [0.717, 1.165) is 21.2 Å². The first-order valence-electron chi connectivity index (χ1n) is 7.71. The molecule has 0 saturated carbocycles. The van der Waals surface area contributed by atoms with Crippen LogP contribution in [0.4, 0.5) is 11.4 Å². The fourth-order valence-corrected chi connectivity index (χ4v) is 3.62. The molecule has 2 aromatic carbocycles. The van der Waals surface area contributed by atoms with Crippen molar-refractivity contribution in [3.63, 3.8) is 0 Å². The van der Waals surface area contributed by atoms with Gasteiger partial charge in [-0.15, -0.1) is 0 Å². The number of carbonyl (C=O) groups is 2. The molecule has 1 heterocycles. The predicted molar refractivity (Wildman–Crippen MR) is 96.8 cm³/mol. The van der Waals surface area contributed by atoms with Gasteiger partial charge < -0.3 is 16.0 Å². The molecule has 24 heavy (non-hydrogen) atoms. The number of anilines is 2. The summed E-state index contributed by atoms with van der Waals surface area (Å²) in [5.41, 5.74) is 3.32. The normalized spacial score (nSPS) is 12.1. The molecule has 5 nitrogen and oxygen atoms in total. The lowest BCUT2D eigenvalue weighted by molar-refractivity contribution is 0.0985. The number of hydrogen-bond donors (Lipinski definition) is 3. The van der Waals surface area contributed by atoms with E-state index in [4.69, 9.17) is 0 Å². The van der Waals surface area contributed by atoms with Crippen LogP contribution in [-0.2, 0) is 0 Å². The highest BCUT2D eigenvalue weighted by Crippen LogP contribution is 2.44. The molecule has 1 aliphatic heterocycles. The van der Waals surface area contributed by atoms with Gasteiger partial charge in [0.15, 0.2) is 11.6 Å². The molecule has 0 atom stereocenters. The summed E-state index contributed by atoms with van der Waals surface area (Å²) in [5.74, 6) is 0.120. The smallest absolute Gasteiger partial charge is 0.176 e. The zero-order valence-corrected chi connectivity index (χ0v) is 14.4. The molecule has 3 rings (SSSR count). The lowest BCUT2D eigenvalue weighted by Crippen LogP contribution is -2.19. The Morgan fingerprint density at radius 2 is 1.33 bits per heavy atom. The van der Waals surface area contributed by atoms with Crippen LogP contribution >= 0.6 is 11.8 Å². The first-order chi connectivity index (χ1) is 11.6. The first kappa shape index (κ1) is 16.7. The van der Waals surface area contributed by atoms with Crippen LogP contribution in [0.5, 0.6) is 0 Å². The van der Waals surface area contributed by atoms with E-state index in [1.165, 1.54) is 0 Å². The van der Waals surface area contributed by atoms with E-state index in [9.17, 15) is 9.59 Å². The molecular formula is C18H19N3O2S. The maximum Gasteiger partial charge on any atom is 0.176 e. The third-order valence-electron chi connectivity index (χ3n) is 3.77. The second kappa shape index (κ2) is 7.17. The third-order valence-corrected chi connectivity index (χ3v) is 4.89. The van der Waals surface area contributed by atoms with Crippen LogP contribution in [0.2, 0.25) is 0 Å². The van der Waals surface area contributed by atoms with Crippen molar-refractivity contribution in [2.45, 2.75) is 9.79 Å². The van der Waals surface area contributed by atoms with E-state index in [2.05, 4.69) is 16.0 Å². The van der Waals surface area contributed by atoms with Gasteiger partial charge >= 0.3 is 0 Å². The number of Topliss-reactive ketones (excluding diaryl/α,β-unsaturated/α-hetero) is 2. The van der Waals surface area contributed by atoms with E-state index in [1.54, 1.807) is 25.9 Å². The van der Waals surface area contributed by atoms with Gasteiger partial charge in [0.05, 0.1) is 24.5 Å². The third kappa shape index (κ3) is 3.36. The molecule has 0 amide bonds. The van der Waals surface area contributed by atoms with Crippen LogP contribution in [0.15, 0.2) is 46.2 Å². The van der Waals surface area contributed by atoms with Crippen LogP contribution < -0.4 is 16.0 Å². The lowest BCUT2D eigenvalue weighted by Gasteiger charge is -2.22. The van der Waals surface area contributed by atoms with E-state index in [-0.39, 0.29) is 11.6 Å². The summed E-state index contributed by atoms with van der Waals surface area (Å²) in [6, 6.07) is 11.3. The monoisotopic (exact) mass is 341 g/mol.